The minimum absolute atomic E-state index is 0.00937. The smallest absolute Gasteiger partial charge is 0.228 e. The van der Waals surface area contributed by atoms with Crippen LogP contribution in [0.5, 0.6) is 0 Å². The number of rotatable bonds is 6. The molecule has 0 bridgehead atoms. The van der Waals surface area contributed by atoms with E-state index in [0.717, 1.165) is 28.3 Å². The van der Waals surface area contributed by atoms with E-state index in [-0.39, 0.29) is 12.3 Å². The van der Waals surface area contributed by atoms with Gasteiger partial charge in [-0.25, -0.2) is 4.98 Å². The van der Waals surface area contributed by atoms with Gasteiger partial charge in [0.2, 0.25) is 5.91 Å². The zero-order valence-electron chi connectivity index (χ0n) is 16.4. The molecular formula is C23H20Cl2N4O. The standard InChI is InChI=1S/C23H20Cl2N4O/c1-2-28(15-17-7-3-5-11-26-17)22(30)14-20-23(16-9-10-18(24)19(25)13-16)27-21-8-4-6-12-29(20)21/h3-13H,2,14-15H2,1H3. The molecule has 0 saturated heterocycles. The molecule has 0 aliphatic carbocycles. The molecule has 0 N–H and O–H groups in total. The number of hydrogen-bond acceptors (Lipinski definition) is 3. The zero-order valence-corrected chi connectivity index (χ0v) is 17.9. The third kappa shape index (κ3) is 4.18. The molecule has 4 aromatic rings. The fraction of sp³-hybridized carbons (Fsp3) is 0.174. The van der Waals surface area contributed by atoms with Crippen LogP contribution >= 0.6 is 23.2 Å². The van der Waals surface area contributed by atoms with Gasteiger partial charge in [-0.05, 0) is 43.3 Å². The van der Waals surface area contributed by atoms with E-state index in [2.05, 4.69) is 4.98 Å². The summed E-state index contributed by atoms with van der Waals surface area (Å²) < 4.78 is 1.95. The highest BCUT2D eigenvalue weighted by Gasteiger charge is 2.21. The van der Waals surface area contributed by atoms with Gasteiger partial charge < -0.3 is 9.30 Å². The molecule has 30 heavy (non-hydrogen) atoms. The molecular weight excluding hydrogens is 419 g/mol. The third-order valence-corrected chi connectivity index (χ3v) is 5.69. The first kappa shape index (κ1) is 20.4. The average Bonchev–Trinajstić information content (AvgIpc) is 3.13. The molecule has 1 amide bonds. The highest BCUT2D eigenvalue weighted by atomic mass is 35.5. The number of carbonyl (C=O) groups excluding carboxylic acids is 1. The lowest BCUT2D eigenvalue weighted by molar-refractivity contribution is -0.131. The van der Waals surface area contributed by atoms with E-state index in [4.69, 9.17) is 28.2 Å². The molecule has 0 aliphatic rings. The number of carbonyl (C=O) groups is 1. The second-order valence-corrected chi connectivity index (χ2v) is 7.68. The van der Waals surface area contributed by atoms with Crippen LogP contribution in [0.15, 0.2) is 67.0 Å². The Bertz CT molecular complexity index is 1190. The average molecular weight is 439 g/mol. The summed E-state index contributed by atoms with van der Waals surface area (Å²) in [7, 11) is 0. The number of hydrogen-bond donors (Lipinski definition) is 0. The number of likely N-dealkylation sites (N-methyl/N-ethyl adjacent to an activating group) is 1. The topological polar surface area (TPSA) is 50.5 Å². The first-order valence-corrected chi connectivity index (χ1v) is 10.4. The third-order valence-electron chi connectivity index (χ3n) is 4.95. The Hall–Kier alpha value is -2.89. The van der Waals surface area contributed by atoms with Crippen molar-refractivity contribution >= 4 is 34.8 Å². The molecule has 7 heteroatoms. The Morgan fingerprint density at radius 1 is 1.07 bits per heavy atom. The molecule has 0 fully saturated rings. The normalized spacial score (nSPS) is 11.0. The molecule has 0 saturated carbocycles. The van der Waals surface area contributed by atoms with Crippen LogP contribution in [0, 0.1) is 0 Å². The van der Waals surface area contributed by atoms with E-state index >= 15 is 0 Å². The van der Waals surface area contributed by atoms with Crippen LogP contribution in [0.25, 0.3) is 16.9 Å². The van der Waals surface area contributed by atoms with E-state index in [1.807, 2.05) is 60.0 Å². The van der Waals surface area contributed by atoms with E-state index < -0.39 is 0 Å². The van der Waals surface area contributed by atoms with Crippen LogP contribution in [0.3, 0.4) is 0 Å². The summed E-state index contributed by atoms with van der Waals surface area (Å²) in [5.41, 5.74) is 3.99. The molecule has 0 aliphatic heterocycles. The largest absolute Gasteiger partial charge is 0.337 e. The van der Waals surface area contributed by atoms with Gasteiger partial charge in [-0.15, -0.1) is 0 Å². The molecule has 0 atom stereocenters. The van der Waals surface area contributed by atoms with Gasteiger partial charge in [0.05, 0.1) is 40.1 Å². The van der Waals surface area contributed by atoms with Crippen LogP contribution in [0.2, 0.25) is 10.0 Å². The quantitative estimate of drug-likeness (QED) is 0.410. The zero-order chi connectivity index (χ0) is 21.1. The summed E-state index contributed by atoms with van der Waals surface area (Å²) in [5.74, 6) is 0.00937. The lowest BCUT2D eigenvalue weighted by Gasteiger charge is -2.20. The van der Waals surface area contributed by atoms with Gasteiger partial charge in [-0.1, -0.05) is 41.4 Å². The van der Waals surface area contributed by atoms with Crippen LogP contribution in [0.1, 0.15) is 18.3 Å². The predicted octanol–water partition coefficient (Wildman–Crippen LogP) is 5.29. The number of aromatic nitrogens is 3. The molecule has 4 rings (SSSR count). The predicted molar refractivity (Wildman–Crippen MR) is 120 cm³/mol. The minimum Gasteiger partial charge on any atom is -0.337 e. The van der Waals surface area contributed by atoms with Gasteiger partial charge in [0, 0.05) is 24.5 Å². The van der Waals surface area contributed by atoms with Gasteiger partial charge >= 0.3 is 0 Å². The first-order valence-electron chi connectivity index (χ1n) is 9.66. The second kappa shape index (κ2) is 8.86. The Balaban J connectivity index is 1.70. The Labute approximate surface area is 184 Å². The number of amides is 1. The summed E-state index contributed by atoms with van der Waals surface area (Å²) in [4.78, 5) is 24.1. The molecule has 1 aromatic carbocycles. The number of fused-ring (bicyclic) bond motifs is 1. The molecule has 152 valence electrons. The lowest BCUT2D eigenvalue weighted by Crippen LogP contribution is -2.32. The maximum absolute atomic E-state index is 13.2. The van der Waals surface area contributed by atoms with Crippen molar-refractivity contribution in [3.63, 3.8) is 0 Å². The van der Waals surface area contributed by atoms with E-state index in [9.17, 15) is 4.79 Å². The lowest BCUT2D eigenvalue weighted by atomic mass is 10.1. The number of halogens is 2. The van der Waals surface area contributed by atoms with Crippen molar-refractivity contribution < 1.29 is 4.79 Å². The Kier molecular flexibility index (Phi) is 6.02. The summed E-state index contributed by atoms with van der Waals surface area (Å²) in [5, 5.41) is 0.933. The van der Waals surface area contributed by atoms with E-state index in [1.54, 1.807) is 23.2 Å². The molecule has 0 unspecified atom stereocenters. The van der Waals surface area contributed by atoms with Crippen molar-refractivity contribution in [2.24, 2.45) is 0 Å². The number of pyridine rings is 2. The maximum Gasteiger partial charge on any atom is 0.228 e. The number of nitrogens with zero attached hydrogens (tertiary/aromatic N) is 4. The number of imidazole rings is 1. The molecule has 5 nitrogen and oxygen atoms in total. The first-order chi connectivity index (χ1) is 14.6. The fourth-order valence-electron chi connectivity index (χ4n) is 3.41. The summed E-state index contributed by atoms with van der Waals surface area (Å²) in [6.45, 7) is 3.03. The molecule has 0 radical (unpaired) electrons. The van der Waals surface area contributed by atoms with Gasteiger partial charge in [0.25, 0.3) is 0 Å². The van der Waals surface area contributed by atoms with Gasteiger partial charge in [0.1, 0.15) is 5.65 Å². The SMILES string of the molecule is CCN(Cc1ccccn1)C(=O)Cc1c(-c2ccc(Cl)c(Cl)c2)nc2ccccn12. The van der Waals surface area contributed by atoms with Crippen molar-refractivity contribution in [2.45, 2.75) is 19.9 Å². The van der Waals surface area contributed by atoms with E-state index in [1.165, 1.54) is 0 Å². The Morgan fingerprint density at radius 2 is 1.90 bits per heavy atom. The summed E-state index contributed by atoms with van der Waals surface area (Å²) in [6, 6.07) is 16.9. The molecule has 3 heterocycles. The molecule has 3 aromatic heterocycles. The molecule has 0 spiro atoms. The van der Waals surface area contributed by atoms with Crippen molar-refractivity contribution in [1.82, 2.24) is 19.3 Å². The highest BCUT2D eigenvalue weighted by Crippen LogP contribution is 2.31. The van der Waals surface area contributed by atoms with Crippen LogP contribution < -0.4 is 0 Å². The second-order valence-electron chi connectivity index (χ2n) is 6.87. The van der Waals surface area contributed by atoms with Crippen molar-refractivity contribution in [3.05, 3.63) is 88.4 Å². The van der Waals surface area contributed by atoms with Gasteiger partial charge in [0.15, 0.2) is 0 Å². The minimum atomic E-state index is 0.00937. The van der Waals surface area contributed by atoms with Gasteiger partial charge in [-0.2, -0.15) is 0 Å². The van der Waals surface area contributed by atoms with Crippen molar-refractivity contribution in [3.8, 4) is 11.3 Å². The van der Waals surface area contributed by atoms with Crippen LogP contribution in [-0.2, 0) is 17.8 Å². The van der Waals surface area contributed by atoms with Crippen molar-refractivity contribution in [1.29, 1.82) is 0 Å². The van der Waals surface area contributed by atoms with Gasteiger partial charge in [-0.3, -0.25) is 9.78 Å². The summed E-state index contributed by atoms with van der Waals surface area (Å²) >= 11 is 12.3. The highest BCUT2D eigenvalue weighted by molar-refractivity contribution is 6.42. The Morgan fingerprint density at radius 3 is 2.63 bits per heavy atom. The fourth-order valence-corrected chi connectivity index (χ4v) is 3.71. The van der Waals surface area contributed by atoms with E-state index in [0.29, 0.717) is 23.1 Å². The number of benzene rings is 1. The summed E-state index contributed by atoms with van der Waals surface area (Å²) in [6.07, 6.45) is 3.86. The van der Waals surface area contributed by atoms with Crippen LogP contribution in [0.4, 0.5) is 0 Å². The van der Waals surface area contributed by atoms with Crippen molar-refractivity contribution in [2.75, 3.05) is 6.54 Å². The van der Waals surface area contributed by atoms with Crippen LogP contribution in [-0.4, -0.2) is 31.7 Å². The maximum atomic E-state index is 13.2. The monoisotopic (exact) mass is 438 g/mol.